The summed E-state index contributed by atoms with van der Waals surface area (Å²) in [5.74, 6) is 1.75. The normalized spacial score (nSPS) is 11.5. The monoisotopic (exact) mass is 792 g/mol. The molecule has 0 atom stereocenters. The van der Waals surface area contributed by atoms with E-state index < -0.39 is 0 Å². The van der Waals surface area contributed by atoms with Crippen LogP contribution >= 0.6 is 0 Å². The highest BCUT2D eigenvalue weighted by Gasteiger charge is 2.24. The predicted octanol–water partition coefficient (Wildman–Crippen LogP) is 13.8. The topological polar surface area (TPSA) is 61.4 Å². The predicted molar refractivity (Wildman–Crippen MR) is 253 cm³/mol. The molecule has 0 fully saturated rings. The number of benzene rings is 8. The fourth-order valence-corrected chi connectivity index (χ4v) is 9.00. The van der Waals surface area contributed by atoms with Crippen LogP contribution in [0, 0.1) is 0 Å². The quantitative estimate of drug-likeness (QED) is 0.161. The molecule has 0 bridgehead atoms. The van der Waals surface area contributed by atoms with Crippen molar-refractivity contribution in [3.8, 4) is 68.1 Å². The first-order valence-electron chi connectivity index (χ1n) is 20.8. The van der Waals surface area contributed by atoms with Crippen LogP contribution in [0.5, 0.6) is 0 Å². The fourth-order valence-electron chi connectivity index (χ4n) is 9.00. The maximum Gasteiger partial charge on any atom is 0.238 e. The van der Waals surface area contributed by atoms with E-state index in [1.54, 1.807) is 0 Å². The minimum Gasteiger partial charge on any atom is -0.307 e. The van der Waals surface area contributed by atoms with Crippen LogP contribution in [-0.4, -0.2) is 29.1 Å². The highest BCUT2D eigenvalue weighted by atomic mass is 15.2. The van der Waals surface area contributed by atoms with E-state index in [-0.39, 0.29) is 0 Å². The van der Waals surface area contributed by atoms with Crippen LogP contribution in [0.15, 0.2) is 218 Å². The molecule has 8 aromatic carbocycles. The molecule has 0 aliphatic heterocycles. The summed E-state index contributed by atoms with van der Waals surface area (Å²) >= 11 is 0. The van der Waals surface area contributed by atoms with Crippen LogP contribution in [0.4, 0.5) is 0 Å². The van der Waals surface area contributed by atoms with Gasteiger partial charge in [-0.05, 0) is 47.5 Å². The van der Waals surface area contributed by atoms with Crippen LogP contribution in [0.2, 0.25) is 0 Å². The maximum atomic E-state index is 5.43. The van der Waals surface area contributed by atoms with Crippen molar-refractivity contribution in [3.63, 3.8) is 0 Å². The minimum absolute atomic E-state index is 0.544. The van der Waals surface area contributed by atoms with E-state index in [1.807, 2.05) is 30.3 Å². The van der Waals surface area contributed by atoms with Crippen LogP contribution in [0.1, 0.15) is 0 Å². The Kier molecular flexibility index (Phi) is 8.38. The van der Waals surface area contributed by atoms with Gasteiger partial charge in [0, 0.05) is 49.5 Å². The van der Waals surface area contributed by atoms with E-state index in [2.05, 4.69) is 197 Å². The molecule has 4 heterocycles. The Morgan fingerprint density at radius 2 is 0.790 bits per heavy atom. The molecular formula is C56H36N6. The smallest absolute Gasteiger partial charge is 0.238 e. The van der Waals surface area contributed by atoms with Crippen molar-refractivity contribution in [2.75, 3.05) is 0 Å². The van der Waals surface area contributed by atoms with Crippen molar-refractivity contribution in [1.82, 2.24) is 29.1 Å². The Bertz CT molecular complexity index is 3630. The Hall–Kier alpha value is -8.48. The van der Waals surface area contributed by atoms with Gasteiger partial charge in [0.25, 0.3) is 0 Å². The molecule has 290 valence electrons. The summed E-state index contributed by atoms with van der Waals surface area (Å²) in [6.07, 6.45) is 0. The van der Waals surface area contributed by atoms with Gasteiger partial charge in [-0.15, -0.1) is 0 Å². The molecule has 4 aromatic heterocycles. The van der Waals surface area contributed by atoms with Crippen molar-refractivity contribution in [3.05, 3.63) is 218 Å². The standard InChI is InChI=1S/C56H36N6/c1-4-18-37(19-5-1)42-26-10-11-29-47(42)55-58-54(39-22-8-3-9-23-39)59-56(60-55)62-51-33-15-13-28-44(51)46-35-34-45-43-27-12-14-32-50(43)61(52(45)53(46)62)41-25-16-24-40(36-41)49-31-17-30-48(57-49)38-20-6-2-7-21-38/h1-36H. The van der Waals surface area contributed by atoms with Crippen molar-refractivity contribution in [2.24, 2.45) is 0 Å². The Balaban J connectivity index is 1.15. The fraction of sp³-hybridized carbons (Fsp3) is 0. The molecule has 0 amide bonds. The second-order valence-electron chi connectivity index (χ2n) is 15.4. The second-order valence-corrected chi connectivity index (χ2v) is 15.4. The van der Waals surface area contributed by atoms with Gasteiger partial charge in [-0.1, -0.05) is 182 Å². The lowest BCUT2D eigenvalue weighted by molar-refractivity contribution is 0.953. The largest absolute Gasteiger partial charge is 0.307 e. The van der Waals surface area contributed by atoms with Gasteiger partial charge in [0.2, 0.25) is 5.95 Å². The van der Waals surface area contributed by atoms with E-state index in [0.717, 1.165) is 94.1 Å². The van der Waals surface area contributed by atoms with Gasteiger partial charge in [-0.2, -0.15) is 9.97 Å². The average molecular weight is 793 g/mol. The second kappa shape index (κ2) is 14.7. The molecule has 0 aliphatic rings. The van der Waals surface area contributed by atoms with E-state index >= 15 is 0 Å². The zero-order chi connectivity index (χ0) is 41.0. The highest BCUT2D eigenvalue weighted by Crippen LogP contribution is 2.42. The summed E-state index contributed by atoms with van der Waals surface area (Å²) in [4.78, 5) is 21.1. The third kappa shape index (κ3) is 5.88. The van der Waals surface area contributed by atoms with Crippen LogP contribution in [0.3, 0.4) is 0 Å². The first-order chi connectivity index (χ1) is 30.8. The van der Waals surface area contributed by atoms with Gasteiger partial charge in [0.15, 0.2) is 11.6 Å². The first kappa shape index (κ1) is 35.5. The Labute approximate surface area is 357 Å². The minimum atomic E-state index is 0.544. The molecule has 0 saturated heterocycles. The van der Waals surface area contributed by atoms with Gasteiger partial charge < -0.3 is 4.57 Å². The average Bonchev–Trinajstić information content (AvgIpc) is 3.88. The molecule has 0 radical (unpaired) electrons. The van der Waals surface area contributed by atoms with Gasteiger partial charge in [-0.25, -0.2) is 9.97 Å². The SMILES string of the molecule is c1ccc(-c2cccc(-c3cccc(-n4c5ccccc5c5ccc6c7ccccc7n(-c7nc(-c8ccccc8)nc(-c8ccccc8-c8ccccc8)n7)c6c54)c3)n2)cc1. The molecule has 6 heteroatoms. The third-order valence-corrected chi connectivity index (χ3v) is 11.8. The number of pyridine rings is 1. The summed E-state index contributed by atoms with van der Waals surface area (Å²) in [6.45, 7) is 0. The number of nitrogens with zero attached hydrogens (tertiary/aromatic N) is 6. The molecule has 0 unspecified atom stereocenters. The lowest BCUT2D eigenvalue weighted by Gasteiger charge is -2.15. The highest BCUT2D eigenvalue weighted by molar-refractivity contribution is 6.23. The van der Waals surface area contributed by atoms with E-state index in [1.165, 1.54) is 0 Å². The lowest BCUT2D eigenvalue weighted by atomic mass is 9.99. The van der Waals surface area contributed by atoms with Crippen molar-refractivity contribution in [2.45, 2.75) is 0 Å². The molecule has 0 saturated carbocycles. The number of fused-ring (bicyclic) bond motifs is 7. The molecule has 12 rings (SSSR count). The van der Waals surface area contributed by atoms with Crippen LogP contribution in [0.25, 0.3) is 112 Å². The van der Waals surface area contributed by atoms with Crippen molar-refractivity contribution < 1.29 is 0 Å². The number of aromatic nitrogens is 6. The van der Waals surface area contributed by atoms with Gasteiger partial charge in [-0.3, -0.25) is 4.57 Å². The Morgan fingerprint density at radius 3 is 1.48 bits per heavy atom. The van der Waals surface area contributed by atoms with Crippen LogP contribution < -0.4 is 0 Å². The van der Waals surface area contributed by atoms with E-state index in [9.17, 15) is 0 Å². The zero-order valence-electron chi connectivity index (χ0n) is 33.5. The number of hydrogen-bond acceptors (Lipinski definition) is 4. The number of para-hydroxylation sites is 2. The lowest BCUT2D eigenvalue weighted by Crippen LogP contribution is -2.07. The summed E-state index contributed by atoms with van der Waals surface area (Å²) < 4.78 is 4.65. The molecule has 62 heavy (non-hydrogen) atoms. The molecular weight excluding hydrogens is 757 g/mol. The Morgan fingerprint density at radius 1 is 0.290 bits per heavy atom. The summed E-state index contributed by atoms with van der Waals surface area (Å²) in [5, 5.41) is 4.52. The first-order valence-corrected chi connectivity index (χ1v) is 20.8. The summed E-state index contributed by atoms with van der Waals surface area (Å²) in [7, 11) is 0. The van der Waals surface area contributed by atoms with Crippen molar-refractivity contribution in [1.29, 1.82) is 0 Å². The number of rotatable bonds is 7. The molecule has 0 spiro atoms. The molecule has 6 nitrogen and oxygen atoms in total. The van der Waals surface area contributed by atoms with Crippen molar-refractivity contribution >= 4 is 43.6 Å². The molecule has 0 aliphatic carbocycles. The maximum absolute atomic E-state index is 5.43. The summed E-state index contributed by atoms with van der Waals surface area (Å²) in [6, 6.07) is 76.1. The van der Waals surface area contributed by atoms with Crippen LogP contribution in [-0.2, 0) is 0 Å². The van der Waals surface area contributed by atoms with Gasteiger partial charge in [0.1, 0.15) is 0 Å². The molecule has 0 N–H and O–H groups in total. The van der Waals surface area contributed by atoms with Gasteiger partial charge in [0.05, 0.1) is 33.5 Å². The molecule has 12 aromatic rings. The third-order valence-electron chi connectivity index (χ3n) is 11.8. The number of hydrogen-bond donors (Lipinski definition) is 0. The zero-order valence-corrected chi connectivity index (χ0v) is 33.5. The van der Waals surface area contributed by atoms with Gasteiger partial charge >= 0.3 is 0 Å². The summed E-state index contributed by atoms with van der Waals surface area (Å²) in [5.41, 5.74) is 13.2. The van der Waals surface area contributed by atoms with E-state index in [4.69, 9.17) is 19.9 Å². The van der Waals surface area contributed by atoms with E-state index in [0.29, 0.717) is 17.6 Å².